The lowest BCUT2D eigenvalue weighted by Gasteiger charge is -2.06. The number of urea groups is 1. The molecule has 0 aliphatic heterocycles. The van der Waals surface area contributed by atoms with Crippen molar-refractivity contribution in [3.63, 3.8) is 0 Å². The number of hydrogen-bond donors (Lipinski definition) is 3. The Kier molecular flexibility index (Phi) is 6.27. The first-order chi connectivity index (χ1) is 8.99. The molecule has 104 valence electrons. The third-order valence-electron chi connectivity index (χ3n) is 2.34. The van der Waals surface area contributed by atoms with Gasteiger partial charge in [0.25, 0.3) is 0 Å². The van der Waals surface area contributed by atoms with Crippen LogP contribution in [0.3, 0.4) is 0 Å². The van der Waals surface area contributed by atoms with Crippen molar-refractivity contribution in [3.05, 3.63) is 28.5 Å². The van der Waals surface area contributed by atoms with Crippen LogP contribution in [0.5, 0.6) is 0 Å². The number of benzene rings is 1. The first kappa shape index (κ1) is 15.4. The Bertz CT molecular complexity index is 468. The molecule has 7 heteroatoms. The van der Waals surface area contributed by atoms with Crippen LogP contribution in [0, 0.1) is 5.82 Å². The number of amides is 3. The number of carbonyl (C=O) groups excluding carboxylic acids is 2. The van der Waals surface area contributed by atoms with E-state index in [-0.39, 0.29) is 18.0 Å². The highest BCUT2D eigenvalue weighted by molar-refractivity contribution is 9.10. The molecule has 0 unspecified atom stereocenters. The van der Waals surface area contributed by atoms with Gasteiger partial charge in [-0.15, -0.1) is 0 Å². The predicted molar refractivity (Wildman–Crippen MR) is 74.2 cm³/mol. The van der Waals surface area contributed by atoms with E-state index in [1.807, 2.05) is 0 Å². The molecular formula is C12H15BrFN3O2. The number of rotatable bonds is 6. The molecule has 0 heterocycles. The summed E-state index contributed by atoms with van der Waals surface area (Å²) >= 11 is 3.14. The Morgan fingerprint density at radius 1 is 1.32 bits per heavy atom. The van der Waals surface area contributed by atoms with Crippen molar-refractivity contribution in [2.75, 3.05) is 11.9 Å². The summed E-state index contributed by atoms with van der Waals surface area (Å²) in [4.78, 5) is 21.9. The average Bonchev–Trinajstić information content (AvgIpc) is 2.32. The molecule has 0 spiro atoms. The quantitative estimate of drug-likeness (QED) is 0.699. The number of anilines is 1. The smallest absolute Gasteiger partial charge is 0.312 e. The first-order valence-corrected chi connectivity index (χ1v) is 6.56. The maximum absolute atomic E-state index is 13.4. The minimum absolute atomic E-state index is 0.156. The molecule has 0 atom stereocenters. The molecule has 1 aromatic carbocycles. The number of primary amides is 1. The van der Waals surface area contributed by atoms with Crippen LogP contribution in [-0.4, -0.2) is 18.5 Å². The van der Waals surface area contributed by atoms with Crippen molar-refractivity contribution < 1.29 is 14.0 Å². The standard InChI is InChI=1S/C12H15BrFN3O2/c13-8-4-5-10(9(14)7-8)17-11(18)3-1-2-6-16-12(15)19/h4-5,7H,1-3,6H2,(H,17,18)(H3,15,16,19). The second-order valence-corrected chi connectivity index (χ2v) is 4.84. The number of halogens is 2. The minimum atomic E-state index is -0.582. The topological polar surface area (TPSA) is 84.2 Å². The average molecular weight is 332 g/mol. The lowest BCUT2D eigenvalue weighted by atomic mass is 10.2. The van der Waals surface area contributed by atoms with Crippen LogP contribution < -0.4 is 16.4 Å². The van der Waals surface area contributed by atoms with Gasteiger partial charge in [-0.25, -0.2) is 9.18 Å². The molecule has 0 radical (unpaired) electrons. The highest BCUT2D eigenvalue weighted by atomic mass is 79.9. The van der Waals surface area contributed by atoms with E-state index >= 15 is 0 Å². The van der Waals surface area contributed by atoms with Crippen LogP contribution in [0.25, 0.3) is 0 Å². The van der Waals surface area contributed by atoms with Crippen LogP contribution in [0.4, 0.5) is 14.9 Å². The van der Waals surface area contributed by atoms with Crippen molar-refractivity contribution in [1.82, 2.24) is 5.32 Å². The molecule has 19 heavy (non-hydrogen) atoms. The zero-order valence-corrected chi connectivity index (χ0v) is 11.8. The fourth-order valence-corrected chi connectivity index (χ4v) is 1.76. The lowest BCUT2D eigenvalue weighted by molar-refractivity contribution is -0.116. The molecule has 0 saturated heterocycles. The van der Waals surface area contributed by atoms with Crippen LogP contribution in [0.15, 0.2) is 22.7 Å². The Morgan fingerprint density at radius 3 is 2.68 bits per heavy atom. The number of carbonyl (C=O) groups is 2. The van der Waals surface area contributed by atoms with Gasteiger partial charge in [0.2, 0.25) is 5.91 Å². The van der Waals surface area contributed by atoms with Crippen LogP contribution in [-0.2, 0) is 4.79 Å². The summed E-state index contributed by atoms with van der Waals surface area (Å²) in [5.74, 6) is -0.751. The van der Waals surface area contributed by atoms with Crippen molar-refractivity contribution in [3.8, 4) is 0 Å². The van der Waals surface area contributed by atoms with Crippen molar-refractivity contribution in [1.29, 1.82) is 0 Å². The van der Waals surface area contributed by atoms with Crippen molar-refractivity contribution in [2.45, 2.75) is 19.3 Å². The van der Waals surface area contributed by atoms with Gasteiger partial charge in [-0.2, -0.15) is 0 Å². The van der Waals surface area contributed by atoms with Gasteiger partial charge in [0, 0.05) is 17.4 Å². The second kappa shape index (κ2) is 7.73. The molecule has 4 N–H and O–H groups in total. The molecule has 0 fully saturated rings. The fraction of sp³-hybridized carbons (Fsp3) is 0.333. The summed E-state index contributed by atoms with van der Waals surface area (Å²) in [6.45, 7) is 0.426. The largest absolute Gasteiger partial charge is 0.352 e. The van der Waals surface area contributed by atoms with Gasteiger partial charge in [0.05, 0.1) is 5.69 Å². The van der Waals surface area contributed by atoms with E-state index in [0.717, 1.165) is 0 Å². The minimum Gasteiger partial charge on any atom is -0.352 e. The summed E-state index contributed by atoms with van der Waals surface area (Å²) in [5, 5.41) is 4.92. The molecule has 3 amide bonds. The first-order valence-electron chi connectivity index (χ1n) is 5.77. The summed E-state index contributed by atoms with van der Waals surface area (Å²) in [6.07, 6.45) is 1.49. The van der Waals surface area contributed by atoms with E-state index in [4.69, 9.17) is 5.73 Å². The lowest BCUT2D eigenvalue weighted by Crippen LogP contribution is -2.30. The Hall–Kier alpha value is -1.63. The highest BCUT2D eigenvalue weighted by Gasteiger charge is 2.07. The number of nitrogens with one attached hydrogen (secondary N) is 2. The summed E-state index contributed by atoms with van der Waals surface area (Å²) in [5.41, 5.74) is 5.05. The van der Waals surface area contributed by atoms with E-state index in [2.05, 4.69) is 26.6 Å². The van der Waals surface area contributed by atoms with E-state index < -0.39 is 11.8 Å². The molecule has 1 aromatic rings. The van der Waals surface area contributed by atoms with E-state index in [9.17, 15) is 14.0 Å². The molecule has 0 aliphatic rings. The summed E-state index contributed by atoms with van der Waals surface area (Å²) in [7, 11) is 0. The molecule has 5 nitrogen and oxygen atoms in total. The van der Waals surface area contributed by atoms with Gasteiger partial charge in [0.15, 0.2) is 0 Å². The molecule has 1 rings (SSSR count). The van der Waals surface area contributed by atoms with Crippen LogP contribution >= 0.6 is 15.9 Å². The summed E-state index contributed by atoms with van der Waals surface area (Å²) < 4.78 is 14.0. The molecule has 0 saturated carbocycles. The zero-order valence-electron chi connectivity index (χ0n) is 10.2. The SMILES string of the molecule is NC(=O)NCCCCC(=O)Nc1ccc(Br)cc1F. The molecule has 0 aliphatic carbocycles. The number of hydrogen-bond acceptors (Lipinski definition) is 2. The van der Waals surface area contributed by atoms with E-state index in [1.165, 1.54) is 12.1 Å². The van der Waals surface area contributed by atoms with Gasteiger partial charge < -0.3 is 16.4 Å². The van der Waals surface area contributed by atoms with Gasteiger partial charge in [0.1, 0.15) is 5.82 Å². The van der Waals surface area contributed by atoms with Gasteiger partial charge in [-0.05, 0) is 31.0 Å². The van der Waals surface area contributed by atoms with E-state index in [0.29, 0.717) is 23.9 Å². The highest BCUT2D eigenvalue weighted by Crippen LogP contribution is 2.19. The van der Waals surface area contributed by atoms with Gasteiger partial charge >= 0.3 is 6.03 Å². The maximum atomic E-state index is 13.4. The molecule has 0 bridgehead atoms. The number of nitrogens with two attached hydrogens (primary N) is 1. The van der Waals surface area contributed by atoms with Crippen LogP contribution in [0.2, 0.25) is 0 Å². The predicted octanol–water partition coefficient (Wildman–Crippen LogP) is 2.37. The Labute approximate surface area is 118 Å². The van der Waals surface area contributed by atoms with Crippen molar-refractivity contribution >= 4 is 33.6 Å². The van der Waals surface area contributed by atoms with Gasteiger partial charge in [-0.3, -0.25) is 4.79 Å². The number of unbranched alkanes of at least 4 members (excludes halogenated alkanes) is 1. The Balaban J connectivity index is 2.29. The third-order valence-corrected chi connectivity index (χ3v) is 2.83. The summed E-state index contributed by atoms with van der Waals surface area (Å²) in [6, 6.07) is 3.84. The van der Waals surface area contributed by atoms with E-state index in [1.54, 1.807) is 6.07 Å². The maximum Gasteiger partial charge on any atom is 0.312 e. The normalized spacial score (nSPS) is 10.0. The fourth-order valence-electron chi connectivity index (χ4n) is 1.43. The van der Waals surface area contributed by atoms with Crippen LogP contribution in [0.1, 0.15) is 19.3 Å². The second-order valence-electron chi connectivity index (χ2n) is 3.92. The Morgan fingerprint density at radius 2 is 2.05 bits per heavy atom. The monoisotopic (exact) mass is 331 g/mol. The zero-order chi connectivity index (χ0) is 14.3. The van der Waals surface area contributed by atoms with Gasteiger partial charge in [-0.1, -0.05) is 15.9 Å². The third kappa shape index (κ3) is 6.19. The molecule has 0 aromatic heterocycles. The molecular weight excluding hydrogens is 317 g/mol. The van der Waals surface area contributed by atoms with Crippen molar-refractivity contribution in [2.24, 2.45) is 5.73 Å².